The van der Waals surface area contributed by atoms with Crippen molar-refractivity contribution in [3.05, 3.63) is 0 Å². The van der Waals surface area contributed by atoms with E-state index in [1.807, 2.05) is 37.6 Å². The Bertz CT molecular complexity index is 236. The highest BCUT2D eigenvalue weighted by atomic mass is 16.2. The Hall–Kier alpha value is -1.26. The van der Waals surface area contributed by atoms with Gasteiger partial charge in [-0.2, -0.15) is 0 Å². The van der Waals surface area contributed by atoms with E-state index in [-0.39, 0.29) is 5.91 Å². The van der Waals surface area contributed by atoms with Gasteiger partial charge in [-0.1, -0.05) is 0 Å². The predicted octanol–water partition coefficient (Wildman–Crippen LogP) is 0.382. The van der Waals surface area contributed by atoms with E-state index in [0.29, 0.717) is 6.54 Å². The Morgan fingerprint density at radius 1 is 1.25 bits per heavy atom. The molecule has 0 aromatic carbocycles. The van der Waals surface area contributed by atoms with E-state index in [1.54, 1.807) is 7.05 Å². The van der Waals surface area contributed by atoms with Gasteiger partial charge in [0.05, 0.1) is 6.54 Å². The number of rotatable bonds is 5. The zero-order chi connectivity index (χ0) is 12.6. The van der Waals surface area contributed by atoms with Crippen molar-refractivity contribution in [1.29, 1.82) is 0 Å². The summed E-state index contributed by atoms with van der Waals surface area (Å²) in [4.78, 5) is 19.6. The third-order valence-electron chi connectivity index (χ3n) is 2.40. The maximum Gasteiger partial charge on any atom is 0.242 e. The van der Waals surface area contributed by atoms with Gasteiger partial charge in [0, 0.05) is 33.7 Å². The van der Waals surface area contributed by atoms with Crippen molar-refractivity contribution in [2.75, 3.05) is 40.3 Å². The first-order valence-electron chi connectivity index (χ1n) is 5.80. The SMILES string of the molecule is CCNC(=NC)N(C)CC(=O)N(CC)CC. The van der Waals surface area contributed by atoms with E-state index in [0.717, 1.165) is 25.6 Å². The van der Waals surface area contributed by atoms with Crippen molar-refractivity contribution in [2.24, 2.45) is 4.99 Å². The molecular formula is C11H24N4O. The Morgan fingerprint density at radius 3 is 2.19 bits per heavy atom. The molecule has 1 amide bonds. The van der Waals surface area contributed by atoms with Crippen LogP contribution in [-0.2, 0) is 4.79 Å². The molecule has 94 valence electrons. The molecule has 0 aromatic heterocycles. The number of aliphatic imine (C=N–C) groups is 1. The van der Waals surface area contributed by atoms with Crippen LogP contribution in [0.1, 0.15) is 20.8 Å². The zero-order valence-corrected chi connectivity index (χ0v) is 11.1. The average molecular weight is 228 g/mol. The van der Waals surface area contributed by atoms with Crippen molar-refractivity contribution in [3.63, 3.8) is 0 Å². The fourth-order valence-electron chi connectivity index (χ4n) is 1.50. The minimum atomic E-state index is 0.131. The number of nitrogens with one attached hydrogen (secondary N) is 1. The molecule has 16 heavy (non-hydrogen) atoms. The quantitative estimate of drug-likeness (QED) is 0.547. The van der Waals surface area contributed by atoms with Gasteiger partial charge in [-0.25, -0.2) is 0 Å². The summed E-state index contributed by atoms with van der Waals surface area (Å²) < 4.78 is 0. The van der Waals surface area contributed by atoms with E-state index < -0.39 is 0 Å². The zero-order valence-electron chi connectivity index (χ0n) is 11.1. The Labute approximate surface area is 98.5 Å². The molecule has 0 unspecified atom stereocenters. The van der Waals surface area contributed by atoms with Crippen LogP contribution in [0.15, 0.2) is 4.99 Å². The van der Waals surface area contributed by atoms with Gasteiger partial charge < -0.3 is 15.1 Å². The summed E-state index contributed by atoms with van der Waals surface area (Å²) in [5.41, 5.74) is 0. The maximum absolute atomic E-state index is 11.8. The molecule has 0 radical (unpaired) electrons. The largest absolute Gasteiger partial charge is 0.357 e. The first kappa shape index (κ1) is 14.7. The summed E-state index contributed by atoms with van der Waals surface area (Å²) in [6, 6.07) is 0. The highest BCUT2D eigenvalue weighted by Crippen LogP contribution is 1.93. The molecule has 0 spiro atoms. The number of amides is 1. The molecular weight excluding hydrogens is 204 g/mol. The van der Waals surface area contributed by atoms with Gasteiger partial charge >= 0.3 is 0 Å². The van der Waals surface area contributed by atoms with Crippen LogP contribution in [-0.4, -0.2) is 61.9 Å². The van der Waals surface area contributed by atoms with Gasteiger partial charge in [-0.05, 0) is 20.8 Å². The smallest absolute Gasteiger partial charge is 0.242 e. The lowest BCUT2D eigenvalue weighted by Crippen LogP contribution is -2.45. The lowest BCUT2D eigenvalue weighted by molar-refractivity contribution is -0.130. The lowest BCUT2D eigenvalue weighted by Gasteiger charge is -2.25. The number of carbonyl (C=O) groups excluding carboxylic acids is 1. The van der Waals surface area contributed by atoms with Gasteiger partial charge in [0.1, 0.15) is 0 Å². The summed E-state index contributed by atoms with van der Waals surface area (Å²) in [5, 5.41) is 3.12. The van der Waals surface area contributed by atoms with Crippen LogP contribution in [0.25, 0.3) is 0 Å². The molecule has 0 aliphatic carbocycles. The van der Waals surface area contributed by atoms with Gasteiger partial charge in [-0.3, -0.25) is 9.79 Å². The number of guanidine groups is 1. The van der Waals surface area contributed by atoms with Crippen molar-refractivity contribution in [1.82, 2.24) is 15.1 Å². The topological polar surface area (TPSA) is 47.9 Å². The minimum absolute atomic E-state index is 0.131. The molecule has 0 bridgehead atoms. The fourth-order valence-corrected chi connectivity index (χ4v) is 1.50. The number of likely N-dealkylation sites (N-methyl/N-ethyl adjacent to an activating group) is 2. The first-order chi connectivity index (χ1) is 7.60. The highest BCUT2D eigenvalue weighted by molar-refractivity contribution is 5.86. The van der Waals surface area contributed by atoms with Crippen LogP contribution in [0.5, 0.6) is 0 Å². The molecule has 0 rings (SSSR count). The lowest BCUT2D eigenvalue weighted by atomic mass is 10.4. The van der Waals surface area contributed by atoms with Gasteiger partial charge in [0.25, 0.3) is 0 Å². The summed E-state index contributed by atoms with van der Waals surface area (Å²) in [6.45, 7) is 8.65. The van der Waals surface area contributed by atoms with E-state index >= 15 is 0 Å². The first-order valence-corrected chi connectivity index (χ1v) is 5.80. The second-order valence-corrected chi connectivity index (χ2v) is 3.50. The number of hydrogen-bond donors (Lipinski definition) is 1. The molecule has 0 aliphatic rings. The van der Waals surface area contributed by atoms with Crippen molar-refractivity contribution in [2.45, 2.75) is 20.8 Å². The summed E-state index contributed by atoms with van der Waals surface area (Å²) >= 11 is 0. The van der Waals surface area contributed by atoms with Gasteiger partial charge in [0.15, 0.2) is 5.96 Å². The van der Waals surface area contributed by atoms with E-state index in [9.17, 15) is 4.79 Å². The molecule has 0 atom stereocenters. The monoisotopic (exact) mass is 228 g/mol. The minimum Gasteiger partial charge on any atom is -0.357 e. The molecule has 0 aromatic rings. The predicted molar refractivity (Wildman–Crippen MR) is 67.6 cm³/mol. The fraction of sp³-hybridized carbons (Fsp3) is 0.818. The average Bonchev–Trinajstić information content (AvgIpc) is 2.27. The molecule has 0 heterocycles. The van der Waals surface area contributed by atoms with Crippen LogP contribution < -0.4 is 5.32 Å². The Morgan fingerprint density at radius 2 is 1.81 bits per heavy atom. The maximum atomic E-state index is 11.8. The standard InChI is InChI=1S/C11H24N4O/c1-6-13-11(12-4)14(5)9-10(16)15(7-2)8-3/h6-9H2,1-5H3,(H,12,13). The van der Waals surface area contributed by atoms with Crippen LogP contribution in [0.4, 0.5) is 0 Å². The van der Waals surface area contributed by atoms with Crippen LogP contribution in [0, 0.1) is 0 Å². The number of nitrogens with zero attached hydrogens (tertiary/aromatic N) is 3. The van der Waals surface area contributed by atoms with E-state index in [2.05, 4.69) is 10.3 Å². The summed E-state index contributed by atoms with van der Waals surface area (Å²) in [6.07, 6.45) is 0. The van der Waals surface area contributed by atoms with Crippen molar-refractivity contribution in [3.8, 4) is 0 Å². The highest BCUT2D eigenvalue weighted by Gasteiger charge is 2.14. The third kappa shape index (κ3) is 4.51. The normalized spacial score (nSPS) is 11.2. The van der Waals surface area contributed by atoms with E-state index in [4.69, 9.17) is 0 Å². The van der Waals surface area contributed by atoms with Gasteiger partial charge in [-0.15, -0.1) is 0 Å². The molecule has 0 saturated heterocycles. The summed E-state index contributed by atoms with van der Waals surface area (Å²) in [5.74, 6) is 0.884. The Kier molecular flexibility index (Phi) is 7.33. The number of hydrogen-bond acceptors (Lipinski definition) is 2. The molecule has 0 saturated carbocycles. The molecule has 5 heteroatoms. The second-order valence-electron chi connectivity index (χ2n) is 3.50. The Balaban J connectivity index is 4.31. The van der Waals surface area contributed by atoms with Crippen LogP contribution in [0.3, 0.4) is 0 Å². The van der Waals surface area contributed by atoms with Gasteiger partial charge in [0.2, 0.25) is 5.91 Å². The molecule has 0 fully saturated rings. The number of carbonyl (C=O) groups is 1. The third-order valence-corrected chi connectivity index (χ3v) is 2.40. The molecule has 5 nitrogen and oxygen atoms in total. The summed E-state index contributed by atoms with van der Waals surface area (Å²) in [7, 11) is 3.59. The molecule has 0 aliphatic heterocycles. The van der Waals surface area contributed by atoms with Crippen molar-refractivity contribution < 1.29 is 4.79 Å². The van der Waals surface area contributed by atoms with Crippen LogP contribution in [0.2, 0.25) is 0 Å². The van der Waals surface area contributed by atoms with Crippen molar-refractivity contribution >= 4 is 11.9 Å². The van der Waals surface area contributed by atoms with Crippen LogP contribution >= 0.6 is 0 Å². The van der Waals surface area contributed by atoms with E-state index in [1.165, 1.54) is 0 Å². The molecule has 1 N–H and O–H groups in total. The second kappa shape index (κ2) is 7.96.